The maximum Gasteiger partial charge on any atom is 0.271 e. The number of hydrogen-bond donors (Lipinski definition) is 1. The first-order chi connectivity index (χ1) is 17.2. The Hall–Kier alpha value is -4.41. The van der Waals surface area contributed by atoms with E-state index in [9.17, 15) is 4.79 Å². The van der Waals surface area contributed by atoms with Gasteiger partial charge in [-0.3, -0.25) is 4.79 Å². The van der Waals surface area contributed by atoms with Crippen molar-refractivity contribution in [1.29, 1.82) is 0 Å². The highest BCUT2D eigenvalue weighted by atomic mass is 35.5. The average Bonchev–Trinajstić information content (AvgIpc) is 3.30. The number of hydrazone groups is 1. The first kappa shape index (κ1) is 22.4. The van der Waals surface area contributed by atoms with Crippen molar-refractivity contribution in [2.24, 2.45) is 5.10 Å². The van der Waals surface area contributed by atoms with Gasteiger partial charge >= 0.3 is 0 Å². The molecule has 1 amide bonds. The highest BCUT2D eigenvalue weighted by Gasteiger charge is 2.18. The number of nitrogens with zero attached hydrogens (tertiary/aromatic N) is 2. The van der Waals surface area contributed by atoms with Crippen molar-refractivity contribution in [1.82, 2.24) is 9.99 Å². The largest absolute Gasteiger partial charge is 0.309 e. The Morgan fingerprint density at radius 3 is 1.94 bits per heavy atom. The molecule has 35 heavy (non-hydrogen) atoms. The van der Waals surface area contributed by atoms with Crippen molar-refractivity contribution in [2.45, 2.75) is 0 Å². The summed E-state index contributed by atoms with van der Waals surface area (Å²) in [5.74, 6) is -0.301. The van der Waals surface area contributed by atoms with Crippen LogP contribution in [-0.2, 0) is 0 Å². The molecule has 0 aliphatic rings. The number of halogens is 1. The van der Waals surface area contributed by atoms with Crippen molar-refractivity contribution in [2.75, 3.05) is 0 Å². The van der Waals surface area contributed by atoms with Gasteiger partial charge in [-0.15, -0.1) is 0 Å². The molecule has 0 spiro atoms. The molecule has 0 atom stereocenters. The number of benzene rings is 4. The zero-order valence-corrected chi connectivity index (χ0v) is 19.6. The van der Waals surface area contributed by atoms with E-state index in [1.54, 1.807) is 30.5 Å². The van der Waals surface area contributed by atoms with Gasteiger partial charge in [0.15, 0.2) is 0 Å². The smallest absolute Gasteiger partial charge is 0.271 e. The summed E-state index contributed by atoms with van der Waals surface area (Å²) in [5, 5.41) is 4.87. The minimum atomic E-state index is -0.301. The molecule has 1 N–H and O–H groups in total. The summed E-state index contributed by atoms with van der Waals surface area (Å²) in [6, 6.07) is 39.5. The lowest BCUT2D eigenvalue weighted by molar-refractivity contribution is 0.0955. The molecule has 0 saturated carbocycles. The first-order valence-corrected chi connectivity index (χ1v) is 11.6. The summed E-state index contributed by atoms with van der Waals surface area (Å²) in [6.45, 7) is 0. The van der Waals surface area contributed by atoms with E-state index in [0.29, 0.717) is 10.6 Å². The lowest BCUT2D eigenvalue weighted by Gasteiger charge is -2.15. The van der Waals surface area contributed by atoms with Gasteiger partial charge in [0.2, 0.25) is 0 Å². The van der Waals surface area contributed by atoms with Crippen LogP contribution in [0.4, 0.5) is 0 Å². The molecule has 0 fully saturated rings. The van der Waals surface area contributed by atoms with Crippen LogP contribution in [0.15, 0.2) is 126 Å². The van der Waals surface area contributed by atoms with Crippen LogP contribution in [0.2, 0.25) is 5.02 Å². The fraction of sp³-hybridized carbons (Fsp3) is 0. The second-order valence-corrected chi connectivity index (χ2v) is 8.38. The van der Waals surface area contributed by atoms with Crippen molar-refractivity contribution in [3.63, 3.8) is 0 Å². The zero-order chi connectivity index (χ0) is 24.0. The second kappa shape index (κ2) is 10.2. The third kappa shape index (κ3) is 4.93. The highest BCUT2D eigenvalue weighted by molar-refractivity contribution is 6.30. The van der Waals surface area contributed by atoms with Gasteiger partial charge in [-0.2, -0.15) is 5.10 Å². The second-order valence-electron chi connectivity index (χ2n) is 7.94. The van der Waals surface area contributed by atoms with Gasteiger partial charge < -0.3 is 4.57 Å². The van der Waals surface area contributed by atoms with Crippen molar-refractivity contribution in [3.8, 4) is 28.2 Å². The zero-order valence-electron chi connectivity index (χ0n) is 18.8. The normalized spacial score (nSPS) is 11.0. The minimum absolute atomic E-state index is 0.301. The molecule has 0 saturated heterocycles. The van der Waals surface area contributed by atoms with Crippen LogP contribution in [0, 0.1) is 0 Å². The van der Waals surface area contributed by atoms with Crippen molar-refractivity contribution in [3.05, 3.63) is 137 Å². The number of nitrogens with one attached hydrogen (secondary N) is 1. The molecule has 4 nitrogen and oxygen atoms in total. The molecular formula is C30H22ClN3O. The molecule has 0 bridgehead atoms. The monoisotopic (exact) mass is 475 g/mol. The maximum atomic E-state index is 12.5. The van der Waals surface area contributed by atoms with E-state index < -0.39 is 0 Å². The Balaban J connectivity index is 1.61. The third-order valence-corrected chi connectivity index (χ3v) is 5.89. The number of rotatable bonds is 6. The number of carbonyl (C=O) groups is 1. The quantitative estimate of drug-likeness (QED) is 0.204. The molecule has 0 radical (unpaired) electrons. The van der Waals surface area contributed by atoms with Gasteiger partial charge in [-0.1, -0.05) is 90.5 Å². The molecule has 1 heterocycles. The van der Waals surface area contributed by atoms with Crippen LogP contribution in [0.1, 0.15) is 15.9 Å². The highest BCUT2D eigenvalue weighted by Crippen LogP contribution is 2.35. The van der Waals surface area contributed by atoms with Gasteiger partial charge in [-0.05, 0) is 53.6 Å². The predicted molar refractivity (Wildman–Crippen MR) is 143 cm³/mol. The average molecular weight is 476 g/mol. The fourth-order valence-electron chi connectivity index (χ4n) is 4.01. The number of carbonyl (C=O) groups excluding carboxylic acids is 1. The van der Waals surface area contributed by atoms with E-state index in [-0.39, 0.29) is 5.91 Å². The molecular weight excluding hydrogens is 454 g/mol. The SMILES string of the molecule is O=C(N/N=C\c1cc(-c2ccccc2)n(-c2ccccc2)c1-c1ccccc1)c1ccc(Cl)cc1. The Bertz CT molecular complexity index is 1460. The van der Waals surface area contributed by atoms with E-state index in [2.05, 4.69) is 57.6 Å². The maximum absolute atomic E-state index is 12.5. The van der Waals surface area contributed by atoms with Crippen LogP contribution < -0.4 is 5.43 Å². The Morgan fingerprint density at radius 2 is 1.31 bits per heavy atom. The Morgan fingerprint density at radius 1 is 0.743 bits per heavy atom. The molecule has 0 unspecified atom stereocenters. The van der Waals surface area contributed by atoms with Gasteiger partial charge in [0, 0.05) is 21.8 Å². The number of para-hydroxylation sites is 1. The van der Waals surface area contributed by atoms with Crippen LogP contribution in [0.5, 0.6) is 0 Å². The topological polar surface area (TPSA) is 46.4 Å². The number of aromatic nitrogens is 1. The van der Waals surface area contributed by atoms with Gasteiger partial charge in [0.1, 0.15) is 0 Å². The standard InChI is InChI=1S/C30H22ClN3O/c31-26-18-16-24(17-19-26)30(35)33-32-21-25-20-28(22-10-4-1-5-11-22)34(27-14-8-3-9-15-27)29(25)23-12-6-2-7-13-23/h1-21H,(H,33,35)/b32-21-. The van der Waals surface area contributed by atoms with Crippen LogP contribution >= 0.6 is 11.6 Å². The van der Waals surface area contributed by atoms with Gasteiger partial charge in [-0.25, -0.2) is 5.43 Å². The molecule has 5 rings (SSSR count). The third-order valence-electron chi connectivity index (χ3n) is 5.64. The summed E-state index contributed by atoms with van der Waals surface area (Å²) in [7, 11) is 0. The van der Waals surface area contributed by atoms with Crippen LogP contribution in [-0.4, -0.2) is 16.7 Å². The summed E-state index contributed by atoms with van der Waals surface area (Å²) in [4.78, 5) is 12.5. The summed E-state index contributed by atoms with van der Waals surface area (Å²) >= 11 is 5.93. The molecule has 0 aliphatic heterocycles. The molecule has 5 heteroatoms. The van der Waals surface area contributed by atoms with E-state index in [4.69, 9.17) is 11.6 Å². The molecule has 5 aromatic rings. The van der Waals surface area contributed by atoms with E-state index in [1.165, 1.54) is 0 Å². The van der Waals surface area contributed by atoms with Crippen molar-refractivity contribution >= 4 is 23.7 Å². The summed E-state index contributed by atoms with van der Waals surface area (Å²) in [6.07, 6.45) is 1.70. The lowest BCUT2D eigenvalue weighted by atomic mass is 10.1. The fourth-order valence-corrected chi connectivity index (χ4v) is 4.14. The molecule has 0 aliphatic carbocycles. The molecule has 1 aromatic heterocycles. The van der Waals surface area contributed by atoms with Crippen LogP contribution in [0.3, 0.4) is 0 Å². The van der Waals surface area contributed by atoms with E-state index in [1.807, 2.05) is 54.6 Å². The Kier molecular flexibility index (Phi) is 6.55. The van der Waals surface area contributed by atoms with Crippen LogP contribution in [0.25, 0.3) is 28.2 Å². The number of hydrogen-bond acceptors (Lipinski definition) is 2. The van der Waals surface area contributed by atoms with E-state index >= 15 is 0 Å². The van der Waals surface area contributed by atoms with Gasteiger partial charge in [0.05, 0.1) is 17.6 Å². The minimum Gasteiger partial charge on any atom is -0.309 e. The first-order valence-electron chi connectivity index (χ1n) is 11.2. The van der Waals surface area contributed by atoms with Gasteiger partial charge in [0.25, 0.3) is 5.91 Å². The summed E-state index contributed by atoms with van der Waals surface area (Å²) < 4.78 is 2.23. The lowest BCUT2D eigenvalue weighted by Crippen LogP contribution is -2.17. The predicted octanol–water partition coefficient (Wildman–Crippen LogP) is 7.23. The molecule has 170 valence electrons. The summed E-state index contributed by atoms with van der Waals surface area (Å²) in [5.41, 5.74) is 9.18. The Labute approximate surface area is 209 Å². The van der Waals surface area contributed by atoms with Crippen molar-refractivity contribution < 1.29 is 4.79 Å². The van der Waals surface area contributed by atoms with E-state index in [0.717, 1.165) is 33.8 Å². The number of amides is 1. The molecule has 4 aromatic carbocycles.